The van der Waals surface area contributed by atoms with Crippen LogP contribution in [0.1, 0.15) is 45.6 Å². The molecule has 0 radical (unpaired) electrons. The molecule has 0 bridgehead atoms. The maximum atomic E-state index is 12.7. The van der Waals surface area contributed by atoms with Crippen LogP contribution in [0, 0.1) is 11.8 Å². The second-order valence-corrected chi connectivity index (χ2v) is 10.2. The van der Waals surface area contributed by atoms with Gasteiger partial charge in [0.25, 0.3) is 0 Å². The van der Waals surface area contributed by atoms with Gasteiger partial charge in [0.1, 0.15) is 0 Å². The predicted molar refractivity (Wildman–Crippen MR) is 112 cm³/mol. The van der Waals surface area contributed by atoms with Gasteiger partial charge in [-0.25, -0.2) is 13.1 Å². The molecule has 1 N–H and O–H groups in total. The van der Waals surface area contributed by atoms with E-state index in [0.717, 1.165) is 37.3 Å². The second kappa shape index (κ2) is 8.93. The van der Waals surface area contributed by atoms with Crippen molar-refractivity contribution in [2.24, 2.45) is 11.8 Å². The summed E-state index contributed by atoms with van der Waals surface area (Å²) in [5, 5.41) is 0. The Morgan fingerprint density at radius 2 is 1.93 bits per heavy atom. The van der Waals surface area contributed by atoms with Gasteiger partial charge in [-0.1, -0.05) is 20.8 Å². The zero-order chi connectivity index (χ0) is 20.3. The summed E-state index contributed by atoms with van der Waals surface area (Å²) >= 11 is 0. The predicted octanol–water partition coefficient (Wildman–Crippen LogP) is 2.63. The van der Waals surface area contributed by atoms with Gasteiger partial charge in [0.2, 0.25) is 15.9 Å². The van der Waals surface area contributed by atoms with Crippen molar-refractivity contribution in [3.05, 3.63) is 23.8 Å². The number of anilines is 1. The van der Waals surface area contributed by atoms with Crippen LogP contribution >= 0.6 is 0 Å². The van der Waals surface area contributed by atoms with Crippen LogP contribution in [0.2, 0.25) is 0 Å². The summed E-state index contributed by atoms with van der Waals surface area (Å²) in [6, 6.07) is 5.09. The van der Waals surface area contributed by atoms with Crippen molar-refractivity contribution in [3.8, 4) is 0 Å². The van der Waals surface area contributed by atoms with Gasteiger partial charge in [0.15, 0.2) is 0 Å². The quantitative estimate of drug-likeness (QED) is 0.706. The summed E-state index contributed by atoms with van der Waals surface area (Å²) < 4.78 is 28.0. The van der Waals surface area contributed by atoms with Crippen molar-refractivity contribution in [1.82, 2.24) is 9.62 Å². The fraction of sp³-hybridized carbons (Fsp3) is 0.667. The van der Waals surface area contributed by atoms with Crippen LogP contribution in [0.25, 0.3) is 0 Å². The molecule has 1 aromatic carbocycles. The van der Waals surface area contributed by atoms with Crippen molar-refractivity contribution in [2.75, 3.05) is 37.6 Å². The van der Waals surface area contributed by atoms with Crippen LogP contribution in [-0.2, 0) is 21.2 Å². The molecule has 156 valence electrons. The zero-order valence-electron chi connectivity index (χ0n) is 17.3. The first-order valence-corrected chi connectivity index (χ1v) is 11.9. The van der Waals surface area contributed by atoms with Crippen LogP contribution < -0.4 is 9.62 Å². The molecule has 2 aliphatic heterocycles. The molecule has 2 heterocycles. The first kappa shape index (κ1) is 21.3. The van der Waals surface area contributed by atoms with Gasteiger partial charge in [0.05, 0.1) is 4.90 Å². The number of amides is 1. The van der Waals surface area contributed by atoms with Crippen LogP contribution in [0.5, 0.6) is 0 Å². The fourth-order valence-corrected chi connectivity index (χ4v) is 5.69. The smallest absolute Gasteiger partial charge is 0.240 e. The SMILES string of the molecule is CCC(=O)N1CCc2cc(S(=O)(=O)NCCCN3C[C@@H](C)C[C@H](C)C3)ccc21. The Labute approximate surface area is 169 Å². The van der Waals surface area contributed by atoms with Crippen molar-refractivity contribution in [3.63, 3.8) is 0 Å². The van der Waals surface area contributed by atoms with Gasteiger partial charge < -0.3 is 9.80 Å². The number of carbonyl (C=O) groups is 1. The first-order valence-electron chi connectivity index (χ1n) is 10.5. The summed E-state index contributed by atoms with van der Waals surface area (Å²) in [5.74, 6) is 1.51. The molecule has 28 heavy (non-hydrogen) atoms. The molecule has 0 saturated carbocycles. The molecule has 0 unspecified atom stereocenters. The standard InChI is InChI=1S/C21H33N3O3S/c1-4-21(25)24-11-8-18-13-19(6-7-20(18)24)28(26,27)22-9-5-10-23-14-16(2)12-17(3)15-23/h6-7,13,16-17,22H,4-5,8-12,14-15H2,1-3H3/t16-,17-/m0/s1. The van der Waals surface area contributed by atoms with Gasteiger partial charge >= 0.3 is 0 Å². The molecule has 2 aliphatic rings. The van der Waals surface area contributed by atoms with E-state index in [1.807, 2.05) is 6.92 Å². The third-order valence-corrected chi connectivity index (χ3v) is 7.21. The summed E-state index contributed by atoms with van der Waals surface area (Å²) in [5.41, 5.74) is 1.78. The van der Waals surface area contributed by atoms with Gasteiger partial charge in [-0.2, -0.15) is 0 Å². The van der Waals surface area contributed by atoms with E-state index in [9.17, 15) is 13.2 Å². The number of benzene rings is 1. The van der Waals surface area contributed by atoms with Gasteiger partial charge in [-0.3, -0.25) is 4.79 Å². The number of fused-ring (bicyclic) bond motifs is 1. The normalized spacial score (nSPS) is 23.0. The Kier molecular flexibility index (Phi) is 6.78. The molecule has 0 aromatic heterocycles. The largest absolute Gasteiger partial charge is 0.312 e. The maximum Gasteiger partial charge on any atom is 0.240 e. The van der Waals surface area contributed by atoms with E-state index < -0.39 is 10.0 Å². The highest BCUT2D eigenvalue weighted by Gasteiger charge is 2.26. The highest BCUT2D eigenvalue weighted by Crippen LogP contribution is 2.30. The van der Waals surface area contributed by atoms with Gasteiger partial charge in [-0.15, -0.1) is 0 Å². The van der Waals surface area contributed by atoms with E-state index in [1.54, 1.807) is 23.1 Å². The number of piperidine rings is 1. The number of hydrogen-bond acceptors (Lipinski definition) is 4. The third-order valence-electron chi connectivity index (χ3n) is 5.75. The topological polar surface area (TPSA) is 69.7 Å². The fourth-order valence-electron chi connectivity index (χ4n) is 4.56. The molecule has 2 atom stereocenters. The lowest BCUT2D eigenvalue weighted by atomic mass is 9.92. The molecule has 6 nitrogen and oxygen atoms in total. The van der Waals surface area contributed by atoms with Crippen LogP contribution in [-0.4, -0.2) is 51.9 Å². The molecule has 7 heteroatoms. The molecule has 1 amide bonds. The van der Waals surface area contributed by atoms with Crippen LogP contribution in [0.15, 0.2) is 23.1 Å². The highest BCUT2D eigenvalue weighted by molar-refractivity contribution is 7.89. The summed E-state index contributed by atoms with van der Waals surface area (Å²) in [4.78, 5) is 16.5. The Bertz CT molecular complexity index is 799. The van der Waals surface area contributed by atoms with E-state index in [1.165, 1.54) is 6.42 Å². The molecule has 1 fully saturated rings. The number of carbonyl (C=O) groups excluding carboxylic acids is 1. The number of likely N-dealkylation sites (tertiary alicyclic amines) is 1. The second-order valence-electron chi connectivity index (χ2n) is 8.40. The molecule has 0 spiro atoms. The zero-order valence-corrected chi connectivity index (χ0v) is 18.1. The Morgan fingerprint density at radius 1 is 1.21 bits per heavy atom. The number of hydrogen-bond donors (Lipinski definition) is 1. The minimum atomic E-state index is -3.52. The monoisotopic (exact) mass is 407 g/mol. The van der Waals surface area contributed by atoms with Crippen molar-refractivity contribution in [1.29, 1.82) is 0 Å². The first-order chi connectivity index (χ1) is 13.3. The molecular weight excluding hydrogens is 374 g/mol. The highest BCUT2D eigenvalue weighted by atomic mass is 32.2. The maximum absolute atomic E-state index is 12.7. The average molecular weight is 408 g/mol. The number of rotatable bonds is 7. The van der Waals surface area contributed by atoms with Gasteiger partial charge in [-0.05, 0) is 61.4 Å². The summed E-state index contributed by atoms with van der Waals surface area (Å²) in [6.45, 7) is 10.6. The lowest BCUT2D eigenvalue weighted by molar-refractivity contribution is -0.118. The molecule has 1 aromatic rings. The molecule has 3 rings (SSSR count). The Hall–Kier alpha value is -1.44. The van der Waals surface area contributed by atoms with Crippen LogP contribution in [0.4, 0.5) is 5.69 Å². The lowest BCUT2D eigenvalue weighted by Gasteiger charge is -2.34. The van der Waals surface area contributed by atoms with Crippen molar-refractivity contribution < 1.29 is 13.2 Å². The van der Waals surface area contributed by atoms with E-state index in [0.29, 0.717) is 37.8 Å². The minimum Gasteiger partial charge on any atom is -0.312 e. The Balaban J connectivity index is 1.54. The van der Waals surface area contributed by atoms with E-state index in [4.69, 9.17) is 0 Å². The van der Waals surface area contributed by atoms with Gasteiger partial charge in [0, 0.05) is 38.3 Å². The minimum absolute atomic E-state index is 0.0776. The van der Waals surface area contributed by atoms with Crippen LogP contribution in [0.3, 0.4) is 0 Å². The van der Waals surface area contributed by atoms with E-state index in [-0.39, 0.29) is 10.8 Å². The molecular formula is C21H33N3O3S. The molecule has 0 aliphatic carbocycles. The van der Waals surface area contributed by atoms with Crippen molar-refractivity contribution in [2.45, 2.75) is 51.3 Å². The summed E-state index contributed by atoms with van der Waals surface area (Å²) in [6.07, 6.45) is 3.25. The number of nitrogens with one attached hydrogen (secondary N) is 1. The lowest BCUT2D eigenvalue weighted by Crippen LogP contribution is -2.40. The number of nitrogens with zero attached hydrogens (tertiary/aromatic N) is 2. The third kappa shape index (κ3) is 4.93. The Morgan fingerprint density at radius 3 is 2.61 bits per heavy atom. The molecule has 1 saturated heterocycles. The van der Waals surface area contributed by atoms with E-state index >= 15 is 0 Å². The van der Waals surface area contributed by atoms with Crippen molar-refractivity contribution >= 4 is 21.6 Å². The summed E-state index contributed by atoms with van der Waals surface area (Å²) in [7, 11) is -3.52. The van der Waals surface area contributed by atoms with E-state index in [2.05, 4.69) is 23.5 Å². The number of sulfonamides is 1. The average Bonchev–Trinajstić information content (AvgIpc) is 3.07.